The Hall–Kier alpha value is -4.06. The second-order valence-electron chi connectivity index (χ2n) is 6.87. The summed E-state index contributed by atoms with van der Waals surface area (Å²) in [6.07, 6.45) is 4.86. The number of hydrogen-bond acceptors (Lipinski definition) is 4. The number of ether oxygens (including phenoxy) is 1. The lowest BCUT2D eigenvalue weighted by atomic mass is 9.95. The van der Waals surface area contributed by atoms with E-state index in [0.29, 0.717) is 11.5 Å². The Morgan fingerprint density at radius 2 is 1.73 bits per heavy atom. The predicted octanol–water partition coefficient (Wildman–Crippen LogP) is 4.69. The summed E-state index contributed by atoms with van der Waals surface area (Å²) in [6, 6.07) is 15.6. The van der Waals surface area contributed by atoms with E-state index < -0.39 is 0 Å². The molecule has 3 N–H and O–H groups in total. The van der Waals surface area contributed by atoms with E-state index in [0.717, 1.165) is 39.2 Å². The molecular weight excluding hydrogens is 376 g/mol. The van der Waals surface area contributed by atoms with Crippen molar-refractivity contribution in [3.05, 3.63) is 79.3 Å². The predicted molar refractivity (Wildman–Crippen MR) is 121 cm³/mol. The second kappa shape index (κ2) is 7.75. The molecule has 6 nitrogen and oxygen atoms in total. The van der Waals surface area contributed by atoms with Crippen molar-refractivity contribution in [2.45, 2.75) is 6.92 Å². The maximum Gasteiger partial charge on any atom is 0.247 e. The van der Waals surface area contributed by atoms with Crippen molar-refractivity contribution in [3.8, 4) is 28.0 Å². The molecule has 0 saturated carbocycles. The van der Waals surface area contributed by atoms with Crippen LogP contribution in [0.1, 0.15) is 5.69 Å². The highest BCUT2D eigenvalue weighted by Gasteiger charge is 2.21. The van der Waals surface area contributed by atoms with Gasteiger partial charge in [-0.25, -0.2) is 4.98 Å². The highest BCUT2D eigenvalue weighted by Crippen LogP contribution is 2.42. The van der Waals surface area contributed by atoms with E-state index in [2.05, 4.69) is 28.2 Å². The average Bonchev–Trinajstić information content (AvgIpc) is 3.08. The number of amides is 1. The number of aromatic nitrogens is 2. The van der Waals surface area contributed by atoms with E-state index in [9.17, 15) is 4.79 Å². The Morgan fingerprint density at radius 3 is 2.37 bits per heavy atom. The smallest absolute Gasteiger partial charge is 0.247 e. The summed E-state index contributed by atoms with van der Waals surface area (Å²) in [5, 5.41) is 2.77. The summed E-state index contributed by atoms with van der Waals surface area (Å²) < 4.78 is 7.37. The van der Waals surface area contributed by atoms with Gasteiger partial charge in [0.15, 0.2) is 0 Å². The molecule has 0 atom stereocenters. The van der Waals surface area contributed by atoms with Gasteiger partial charge in [0.25, 0.3) is 0 Å². The van der Waals surface area contributed by atoms with E-state index in [1.165, 1.54) is 6.08 Å². The molecule has 4 rings (SSSR count). The first-order chi connectivity index (χ1) is 14.5. The fourth-order valence-corrected chi connectivity index (χ4v) is 3.69. The van der Waals surface area contributed by atoms with Gasteiger partial charge in [0.1, 0.15) is 11.6 Å². The third kappa shape index (κ3) is 3.28. The van der Waals surface area contributed by atoms with Crippen molar-refractivity contribution in [3.63, 3.8) is 0 Å². The van der Waals surface area contributed by atoms with Gasteiger partial charge in [-0.1, -0.05) is 30.8 Å². The lowest BCUT2D eigenvalue weighted by molar-refractivity contribution is -0.111. The third-order valence-electron chi connectivity index (χ3n) is 5.13. The molecule has 0 fully saturated rings. The maximum absolute atomic E-state index is 11.6. The Bertz CT molecular complexity index is 1240. The number of aryl methyl sites for hydroxylation is 1. The number of nitrogen functional groups attached to an aromatic ring is 1. The summed E-state index contributed by atoms with van der Waals surface area (Å²) in [7, 11) is 1.65. The molecule has 1 amide bonds. The fourth-order valence-electron chi connectivity index (χ4n) is 3.69. The Labute approximate surface area is 174 Å². The van der Waals surface area contributed by atoms with Gasteiger partial charge in [-0.05, 0) is 48.4 Å². The molecule has 0 aliphatic heterocycles. The Kier molecular flexibility index (Phi) is 4.98. The van der Waals surface area contributed by atoms with Crippen LogP contribution < -0.4 is 15.8 Å². The molecule has 0 bridgehead atoms. The maximum atomic E-state index is 11.6. The minimum Gasteiger partial charge on any atom is -0.497 e. The molecule has 0 unspecified atom stereocenters. The highest BCUT2D eigenvalue weighted by molar-refractivity contribution is 6.01. The minimum absolute atomic E-state index is 0.244. The molecule has 0 aliphatic carbocycles. The number of nitrogens with two attached hydrogens (primary N) is 1. The van der Waals surface area contributed by atoms with Crippen molar-refractivity contribution in [2.75, 3.05) is 18.2 Å². The fraction of sp³-hybridized carbons (Fsp3) is 0.0833. The van der Waals surface area contributed by atoms with Gasteiger partial charge < -0.3 is 20.2 Å². The number of carbonyl (C=O) groups is 1. The van der Waals surface area contributed by atoms with Gasteiger partial charge in [-0.3, -0.25) is 4.79 Å². The molecular formula is C24H22N4O2. The highest BCUT2D eigenvalue weighted by atomic mass is 16.5. The van der Waals surface area contributed by atoms with Crippen LogP contribution in [0.15, 0.2) is 73.6 Å². The van der Waals surface area contributed by atoms with Crippen molar-refractivity contribution in [2.24, 2.45) is 0 Å². The summed E-state index contributed by atoms with van der Waals surface area (Å²) in [5.74, 6) is 1.01. The van der Waals surface area contributed by atoms with Crippen LogP contribution in [-0.4, -0.2) is 22.4 Å². The molecule has 30 heavy (non-hydrogen) atoms. The number of carbonyl (C=O) groups excluding carboxylic acids is 1. The molecule has 2 aromatic heterocycles. The molecule has 0 saturated heterocycles. The van der Waals surface area contributed by atoms with Crippen LogP contribution in [0.3, 0.4) is 0 Å². The van der Waals surface area contributed by atoms with Gasteiger partial charge in [0, 0.05) is 34.9 Å². The molecule has 0 aliphatic rings. The number of rotatable bonds is 5. The number of nitrogens with one attached hydrogen (secondary N) is 1. The largest absolute Gasteiger partial charge is 0.497 e. The first-order valence-corrected chi connectivity index (χ1v) is 9.47. The van der Waals surface area contributed by atoms with Crippen LogP contribution in [0.2, 0.25) is 0 Å². The molecule has 150 valence electrons. The zero-order chi connectivity index (χ0) is 21.3. The van der Waals surface area contributed by atoms with Crippen molar-refractivity contribution in [1.29, 1.82) is 0 Å². The number of benzene rings is 2. The van der Waals surface area contributed by atoms with E-state index in [1.54, 1.807) is 13.3 Å². The lowest BCUT2D eigenvalue weighted by Crippen LogP contribution is -2.06. The molecule has 2 heterocycles. The number of fused-ring (bicyclic) bond motifs is 1. The van der Waals surface area contributed by atoms with Gasteiger partial charge in [-0.2, -0.15) is 0 Å². The van der Waals surface area contributed by atoms with Gasteiger partial charge in [0.2, 0.25) is 5.91 Å². The molecule has 0 spiro atoms. The van der Waals surface area contributed by atoms with Gasteiger partial charge >= 0.3 is 0 Å². The summed E-state index contributed by atoms with van der Waals surface area (Å²) >= 11 is 0. The van der Waals surface area contributed by atoms with Crippen LogP contribution in [0.25, 0.3) is 27.8 Å². The third-order valence-corrected chi connectivity index (χ3v) is 5.13. The lowest BCUT2D eigenvalue weighted by Gasteiger charge is -2.09. The zero-order valence-corrected chi connectivity index (χ0v) is 16.8. The standard InChI is InChI=1S/C24H22N4O2/c1-4-20(29)27-18-9-5-16(6-10-18)21-15(2)28-14-13-26-24(25)23(28)22(21)17-7-11-19(30-3)12-8-17/h4-14H,1H2,2-3H3,(H2,25,26)(H,27,29). The molecule has 4 aromatic rings. The van der Waals surface area contributed by atoms with Crippen molar-refractivity contribution in [1.82, 2.24) is 9.38 Å². The number of methoxy groups -OCH3 is 1. The topological polar surface area (TPSA) is 81.6 Å². The van der Waals surface area contributed by atoms with E-state index in [1.807, 2.05) is 54.7 Å². The SMILES string of the molecule is C=CC(=O)Nc1ccc(-c2c(-c3ccc(OC)cc3)c3c(N)nccn3c2C)cc1. The van der Waals surface area contributed by atoms with Gasteiger partial charge in [-0.15, -0.1) is 0 Å². The molecule has 6 heteroatoms. The normalized spacial score (nSPS) is 10.7. The first kappa shape index (κ1) is 19.3. The number of nitrogens with zero attached hydrogens (tertiary/aromatic N) is 2. The summed E-state index contributed by atoms with van der Waals surface area (Å²) in [6.45, 7) is 5.54. The Morgan fingerprint density at radius 1 is 1.10 bits per heavy atom. The summed E-state index contributed by atoms with van der Waals surface area (Å²) in [5.41, 5.74) is 13.0. The first-order valence-electron chi connectivity index (χ1n) is 9.47. The van der Waals surface area contributed by atoms with E-state index in [-0.39, 0.29) is 5.91 Å². The molecule has 2 aromatic carbocycles. The van der Waals surface area contributed by atoms with Crippen molar-refractivity contribution < 1.29 is 9.53 Å². The van der Waals surface area contributed by atoms with Crippen LogP contribution in [-0.2, 0) is 4.79 Å². The summed E-state index contributed by atoms with van der Waals surface area (Å²) in [4.78, 5) is 15.9. The molecule has 0 radical (unpaired) electrons. The number of anilines is 2. The van der Waals surface area contributed by atoms with Crippen LogP contribution >= 0.6 is 0 Å². The monoisotopic (exact) mass is 398 g/mol. The van der Waals surface area contributed by atoms with E-state index in [4.69, 9.17) is 10.5 Å². The minimum atomic E-state index is -0.244. The van der Waals surface area contributed by atoms with Crippen molar-refractivity contribution >= 4 is 22.9 Å². The van der Waals surface area contributed by atoms with Crippen LogP contribution in [0.4, 0.5) is 11.5 Å². The van der Waals surface area contributed by atoms with Gasteiger partial charge in [0.05, 0.1) is 12.6 Å². The average molecular weight is 398 g/mol. The van der Waals surface area contributed by atoms with Crippen LogP contribution in [0, 0.1) is 6.92 Å². The zero-order valence-electron chi connectivity index (χ0n) is 16.8. The van der Waals surface area contributed by atoms with Crippen LogP contribution in [0.5, 0.6) is 5.75 Å². The quantitative estimate of drug-likeness (QED) is 0.478. The second-order valence-corrected chi connectivity index (χ2v) is 6.87. The Balaban J connectivity index is 1.93. The van der Waals surface area contributed by atoms with E-state index >= 15 is 0 Å². The number of hydrogen-bond donors (Lipinski definition) is 2.